The van der Waals surface area contributed by atoms with Crippen LogP contribution in [-0.4, -0.2) is 17.3 Å². The molecule has 0 aliphatic heterocycles. The summed E-state index contributed by atoms with van der Waals surface area (Å²) in [5.74, 6) is -0.265. The third kappa shape index (κ3) is 3.13. The zero-order chi connectivity index (χ0) is 9.84. The fraction of sp³-hybridized carbons (Fsp3) is 0.400. The highest BCUT2D eigenvalue weighted by molar-refractivity contribution is 5.17. The van der Waals surface area contributed by atoms with Crippen LogP contribution < -0.4 is 5.73 Å². The minimum atomic E-state index is -0.564. The second kappa shape index (κ2) is 4.35. The Balaban J connectivity index is 2.59. The molecule has 0 bridgehead atoms. The predicted octanol–water partition coefficient (Wildman–Crippen LogP) is 1.08. The molecule has 0 spiro atoms. The molecule has 0 heterocycles. The van der Waals surface area contributed by atoms with Gasteiger partial charge in [-0.15, -0.1) is 0 Å². The van der Waals surface area contributed by atoms with Gasteiger partial charge in [-0.25, -0.2) is 4.39 Å². The molecule has 0 aliphatic carbocycles. The molecule has 0 aromatic heterocycles. The van der Waals surface area contributed by atoms with Crippen molar-refractivity contribution in [2.75, 3.05) is 0 Å². The van der Waals surface area contributed by atoms with Crippen molar-refractivity contribution in [1.82, 2.24) is 0 Å². The van der Waals surface area contributed by atoms with Gasteiger partial charge in [0.1, 0.15) is 5.82 Å². The van der Waals surface area contributed by atoms with E-state index in [1.54, 1.807) is 19.1 Å². The van der Waals surface area contributed by atoms with Gasteiger partial charge in [0.05, 0.1) is 6.10 Å². The Bertz CT molecular complexity index is 258. The summed E-state index contributed by atoms with van der Waals surface area (Å²) in [4.78, 5) is 0. The lowest BCUT2D eigenvalue weighted by molar-refractivity contribution is 0.151. The third-order valence-corrected chi connectivity index (χ3v) is 1.97. The Morgan fingerprint density at radius 1 is 1.38 bits per heavy atom. The minimum absolute atomic E-state index is 0.259. The van der Waals surface area contributed by atoms with E-state index in [0.29, 0.717) is 6.42 Å². The van der Waals surface area contributed by atoms with Gasteiger partial charge in [0.15, 0.2) is 0 Å². The van der Waals surface area contributed by atoms with Crippen LogP contribution in [0.5, 0.6) is 0 Å². The number of hydrogen-bond acceptors (Lipinski definition) is 2. The van der Waals surface area contributed by atoms with E-state index >= 15 is 0 Å². The van der Waals surface area contributed by atoms with Crippen molar-refractivity contribution < 1.29 is 9.50 Å². The number of aliphatic hydroxyl groups is 1. The SMILES string of the molecule is CC(N)C(O)Cc1ccc(F)cc1. The van der Waals surface area contributed by atoms with E-state index in [4.69, 9.17) is 5.73 Å². The van der Waals surface area contributed by atoms with E-state index in [1.165, 1.54) is 12.1 Å². The van der Waals surface area contributed by atoms with Crippen molar-refractivity contribution in [3.05, 3.63) is 35.6 Å². The molecule has 72 valence electrons. The fourth-order valence-corrected chi connectivity index (χ4v) is 1.05. The van der Waals surface area contributed by atoms with E-state index in [1.807, 2.05) is 0 Å². The van der Waals surface area contributed by atoms with Crippen LogP contribution >= 0.6 is 0 Å². The Morgan fingerprint density at radius 2 is 1.92 bits per heavy atom. The minimum Gasteiger partial charge on any atom is -0.391 e. The van der Waals surface area contributed by atoms with Crippen molar-refractivity contribution in [3.8, 4) is 0 Å². The van der Waals surface area contributed by atoms with Gasteiger partial charge in [0, 0.05) is 6.04 Å². The largest absolute Gasteiger partial charge is 0.391 e. The first-order valence-corrected chi connectivity index (χ1v) is 4.27. The van der Waals surface area contributed by atoms with Crippen LogP contribution in [0.3, 0.4) is 0 Å². The van der Waals surface area contributed by atoms with E-state index in [2.05, 4.69) is 0 Å². The molecule has 13 heavy (non-hydrogen) atoms. The maximum atomic E-state index is 12.5. The normalized spacial score (nSPS) is 15.4. The molecular formula is C10H14FNO. The van der Waals surface area contributed by atoms with E-state index < -0.39 is 6.10 Å². The van der Waals surface area contributed by atoms with Crippen LogP contribution in [0.15, 0.2) is 24.3 Å². The predicted molar refractivity (Wildman–Crippen MR) is 49.8 cm³/mol. The third-order valence-electron chi connectivity index (χ3n) is 1.97. The van der Waals surface area contributed by atoms with E-state index in [-0.39, 0.29) is 11.9 Å². The summed E-state index contributed by atoms with van der Waals surface area (Å²) in [6, 6.07) is 5.80. The van der Waals surface area contributed by atoms with Gasteiger partial charge in [0.25, 0.3) is 0 Å². The lowest BCUT2D eigenvalue weighted by Crippen LogP contribution is -2.33. The van der Waals surface area contributed by atoms with Gasteiger partial charge >= 0.3 is 0 Å². The van der Waals surface area contributed by atoms with Crippen LogP contribution in [0, 0.1) is 5.82 Å². The fourth-order valence-electron chi connectivity index (χ4n) is 1.05. The van der Waals surface area contributed by atoms with Gasteiger partial charge in [-0.1, -0.05) is 12.1 Å². The maximum absolute atomic E-state index is 12.5. The average molecular weight is 183 g/mol. The first-order chi connectivity index (χ1) is 6.09. The Labute approximate surface area is 77.2 Å². The second-order valence-corrected chi connectivity index (χ2v) is 3.26. The summed E-state index contributed by atoms with van der Waals surface area (Å²) in [7, 11) is 0. The molecule has 2 atom stereocenters. The zero-order valence-corrected chi connectivity index (χ0v) is 7.57. The number of rotatable bonds is 3. The van der Waals surface area contributed by atoms with Crippen LogP contribution in [0.4, 0.5) is 4.39 Å². The molecule has 1 rings (SSSR count). The summed E-state index contributed by atoms with van der Waals surface area (Å²) >= 11 is 0. The van der Waals surface area contributed by atoms with Crippen molar-refractivity contribution in [2.24, 2.45) is 5.73 Å². The zero-order valence-electron chi connectivity index (χ0n) is 7.57. The molecular weight excluding hydrogens is 169 g/mol. The molecule has 3 heteroatoms. The Kier molecular flexibility index (Phi) is 3.39. The van der Waals surface area contributed by atoms with Crippen molar-refractivity contribution in [1.29, 1.82) is 0 Å². The molecule has 3 N–H and O–H groups in total. The van der Waals surface area contributed by atoms with Crippen LogP contribution in [0.2, 0.25) is 0 Å². The van der Waals surface area contributed by atoms with Gasteiger partial charge in [-0.2, -0.15) is 0 Å². The summed E-state index contributed by atoms with van der Waals surface area (Å²) in [5, 5.41) is 9.43. The van der Waals surface area contributed by atoms with Crippen LogP contribution in [-0.2, 0) is 6.42 Å². The molecule has 2 nitrogen and oxygen atoms in total. The molecule has 0 saturated heterocycles. The van der Waals surface area contributed by atoms with Crippen molar-refractivity contribution in [2.45, 2.75) is 25.5 Å². The molecule has 2 unspecified atom stereocenters. The first kappa shape index (κ1) is 10.2. The quantitative estimate of drug-likeness (QED) is 0.736. The standard InChI is InChI=1S/C10H14FNO/c1-7(12)10(13)6-8-2-4-9(11)5-3-8/h2-5,7,10,13H,6,12H2,1H3. The number of halogens is 1. The summed E-state index contributed by atoms with van der Waals surface area (Å²) < 4.78 is 12.5. The number of nitrogens with two attached hydrogens (primary N) is 1. The second-order valence-electron chi connectivity index (χ2n) is 3.26. The molecule has 0 fully saturated rings. The number of aliphatic hydroxyl groups excluding tert-OH is 1. The highest BCUT2D eigenvalue weighted by atomic mass is 19.1. The van der Waals surface area contributed by atoms with Crippen LogP contribution in [0.1, 0.15) is 12.5 Å². The van der Waals surface area contributed by atoms with E-state index in [9.17, 15) is 9.50 Å². The van der Waals surface area contributed by atoms with Crippen LogP contribution in [0.25, 0.3) is 0 Å². The summed E-state index contributed by atoms with van der Waals surface area (Å²) in [5.41, 5.74) is 6.38. The summed E-state index contributed by atoms with van der Waals surface area (Å²) in [6.07, 6.45) is -0.0942. The first-order valence-electron chi connectivity index (χ1n) is 4.27. The smallest absolute Gasteiger partial charge is 0.123 e. The number of hydrogen-bond donors (Lipinski definition) is 2. The maximum Gasteiger partial charge on any atom is 0.123 e. The summed E-state index contributed by atoms with van der Waals surface area (Å²) in [6.45, 7) is 1.74. The highest BCUT2D eigenvalue weighted by Crippen LogP contribution is 2.06. The molecule has 0 radical (unpaired) electrons. The van der Waals surface area contributed by atoms with Crippen molar-refractivity contribution in [3.63, 3.8) is 0 Å². The van der Waals surface area contributed by atoms with Gasteiger partial charge in [0.2, 0.25) is 0 Å². The molecule has 1 aromatic rings. The Morgan fingerprint density at radius 3 is 2.38 bits per heavy atom. The van der Waals surface area contributed by atoms with Gasteiger partial charge in [-0.05, 0) is 31.0 Å². The highest BCUT2D eigenvalue weighted by Gasteiger charge is 2.09. The monoisotopic (exact) mass is 183 g/mol. The van der Waals surface area contributed by atoms with Gasteiger partial charge < -0.3 is 10.8 Å². The molecule has 0 saturated carbocycles. The Hall–Kier alpha value is -0.930. The topological polar surface area (TPSA) is 46.2 Å². The van der Waals surface area contributed by atoms with E-state index in [0.717, 1.165) is 5.56 Å². The lowest BCUT2D eigenvalue weighted by atomic mass is 10.0. The van der Waals surface area contributed by atoms with Crippen molar-refractivity contribution >= 4 is 0 Å². The molecule has 0 aliphatic rings. The molecule has 0 amide bonds. The average Bonchev–Trinajstić information content (AvgIpc) is 2.08. The lowest BCUT2D eigenvalue weighted by Gasteiger charge is -2.13. The molecule has 1 aromatic carbocycles. The number of benzene rings is 1. The van der Waals surface area contributed by atoms with Gasteiger partial charge in [-0.3, -0.25) is 0 Å².